The molecular formula is C31H30F5N3O2. The number of hydrogen-bond acceptors (Lipinski definition) is 3. The van der Waals surface area contributed by atoms with E-state index in [0.717, 1.165) is 18.7 Å². The van der Waals surface area contributed by atoms with Gasteiger partial charge < -0.3 is 15.1 Å². The van der Waals surface area contributed by atoms with Gasteiger partial charge in [0.1, 0.15) is 17.7 Å². The first kappa shape index (κ1) is 28.7. The molecule has 0 saturated carbocycles. The molecule has 2 atom stereocenters. The van der Waals surface area contributed by atoms with E-state index >= 15 is 0 Å². The van der Waals surface area contributed by atoms with Crippen molar-refractivity contribution in [3.8, 4) is 0 Å². The second-order valence-electron chi connectivity index (χ2n) is 11.0. The number of carbonyl (C=O) groups excluding carboxylic acids is 2. The van der Waals surface area contributed by atoms with Gasteiger partial charge in [0.05, 0.1) is 11.1 Å². The van der Waals surface area contributed by atoms with Crippen molar-refractivity contribution in [2.24, 2.45) is 5.41 Å². The average molecular weight is 572 g/mol. The minimum atomic E-state index is -4.76. The third-order valence-electron chi connectivity index (χ3n) is 8.36. The number of amides is 2. The second-order valence-corrected chi connectivity index (χ2v) is 11.0. The van der Waals surface area contributed by atoms with Gasteiger partial charge >= 0.3 is 6.18 Å². The lowest BCUT2D eigenvalue weighted by Gasteiger charge is -2.43. The lowest BCUT2D eigenvalue weighted by molar-refractivity contribution is -0.138. The standard InChI is InChI=1S/C31H30F5N3O2/c1-38-18-25(20-7-10-23(32)11-8-20)30(19-38)13-15-39(16-14-30)29(41)27(21-5-3-2-4-6-21)37-28(40)24-17-22(31(34,35)36)9-12-26(24)33/h2-12,17,25,27H,13-16,18-19H2,1H3,(H,37,40)/t25?,27-/m1/s1. The SMILES string of the molecule is CN1CC(c2ccc(F)cc2)C2(CCN(C(=O)[C@H](NC(=O)c3cc(C(F)(F)F)ccc3F)c3ccccc3)CC2)C1. The summed E-state index contributed by atoms with van der Waals surface area (Å²) >= 11 is 0. The van der Waals surface area contributed by atoms with Gasteiger partial charge in [0.15, 0.2) is 0 Å². The number of likely N-dealkylation sites (N-methyl/N-ethyl adjacent to an activating group) is 1. The summed E-state index contributed by atoms with van der Waals surface area (Å²) in [6.45, 7) is 2.44. The van der Waals surface area contributed by atoms with Gasteiger partial charge in [-0.1, -0.05) is 42.5 Å². The Kier molecular flexibility index (Phi) is 7.87. The van der Waals surface area contributed by atoms with Crippen LogP contribution in [0, 0.1) is 17.0 Å². The predicted molar refractivity (Wildman–Crippen MR) is 143 cm³/mol. The van der Waals surface area contributed by atoms with E-state index in [1.807, 2.05) is 19.2 Å². The lowest BCUT2D eigenvalue weighted by Crippen LogP contribution is -2.50. The highest BCUT2D eigenvalue weighted by atomic mass is 19.4. The van der Waals surface area contributed by atoms with E-state index in [9.17, 15) is 31.5 Å². The molecule has 2 aliphatic heterocycles. The minimum absolute atomic E-state index is 0.115. The Hall–Kier alpha value is -3.79. The highest BCUT2D eigenvalue weighted by Crippen LogP contribution is 2.49. The van der Waals surface area contributed by atoms with Gasteiger partial charge in [-0.3, -0.25) is 9.59 Å². The number of nitrogens with zero attached hydrogens (tertiary/aromatic N) is 2. The Balaban J connectivity index is 1.36. The summed E-state index contributed by atoms with van der Waals surface area (Å²) in [7, 11) is 2.04. The molecule has 1 spiro atoms. The molecule has 0 aromatic heterocycles. The van der Waals surface area contributed by atoms with E-state index in [1.54, 1.807) is 35.2 Å². The molecule has 0 aliphatic carbocycles. The molecule has 0 radical (unpaired) electrons. The van der Waals surface area contributed by atoms with Gasteiger partial charge in [0.2, 0.25) is 5.91 Å². The Morgan fingerprint density at radius 3 is 2.24 bits per heavy atom. The van der Waals surface area contributed by atoms with Crippen LogP contribution in [0.3, 0.4) is 0 Å². The van der Waals surface area contributed by atoms with Crippen molar-refractivity contribution in [2.45, 2.75) is 31.0 Å². The van der Waals surface area contributed by atoms with Gasteiger partial charge in [-0.2, -0.15) is 13.2 Å². The van der Waals surface area contributed by atoms with Crippen molar-refractivity contribution in [1.82, 2.24) is 15.1 Å². The summed E-state index contributed by atoms with van der Waals surface area (Å²) in [5.74, 6) is -2.78. The van der Waals surface area contributed by atoms with Crippen molar-refractivity contribution >= 4 is 11.8 Å². The Morgan fingerprint density at radius 1 is 0.951 bits per heavy atom. The summed E-state index contributed by atoms with van der Waals surface area (Å²) in [5.41, 5.74) is -0.584. The Morgan fingerprint density at radius 2 is 1.61 bits per heavy atom. The smallest absolute Gasteiger partial charge is 0.341 e. The quantitative estimate of drug-likeness (QED) is 0.395. The van der Waals surface area contributed by atoms with E-state index < -0.39 is 41.0 Å². The first-order valence-corrected chi connectivity index (χ1v) is 13.4. The molecule has 2 saturated heterocycles. The van der Waals surface area contributed by atoms with Crippen LogP contribution in [0.25, 0.3) is 0 Å². The number of rotatable bonds is 5. The fourth-order valence-corrected chi connectivity index (χ4v) is 6.25. The molecule has 5 rings (SSSR count). The van der Waals surface area contributed by atoms with Gasteiger partial charge in [-0.25, -0.2) is 8.78 Å². The predicted octanol–water partition coefficient (Wildman–Crippen LogP) is 5.79. The Bertz CT molecular complexity index is 1400. The zero-order valence-electron chi connectivity index (χ0n) is 22.4. The average Bonchev–Trinajstić information content (AvgIpc) is 3.27. The van der Waals surface area contributed by atoms with Gasteiger partial charge in [0, 0.05) is 32.1 Å². The summed E-state index contributed by atoms with van der Waals surface area (Å²) in [5, 5.41) is 2.49. The largest absolute Gasteiger partial charge is 0.416 e. The first-order valence-electron chi connectivity index (χ1n) is 13.4. The molecule has 2 fully saturated rings. The molecule has 1 N–H and O–H groups in total. The number of carbonyl (C=O) groups is 2. The van der Waals surface area contributed by atoms with E-state index in [0.29, 0.717) is 49.7 Å². The summed E-state index contributed by atoms with van der Waals surface area (Å²) in [6.07, 6.45) is -3.40. The van der Waals surface area contributed by atoms with Crippen LogP contribution >= 0.6 is 0 Å². The topological polar surface area (TPSA) is 52.6 Å². The van der Waals surface area contributed by atoms with Crippen LogP contribution in [-0.2, 0) is 11.0 Å². The minimum Gasteiger partial charge on any atom is -0.341 e. The molecule has 5 nitrogen and oxygen atoms in total. The summed E-state index contributed by atoms with van der Waals surface area (Å²) in [4.78, 5) is 30.8. The maximum atomic E-state index is 14.5. The fraction of sp³-hybridized carbons (Fsp3) is 0.355. The Labute approximate surface area is 234 Å². The van der Waals surface area contributed by atoms with Crippen LogP contribution < -0.4 is 5.32 Å². The number of alkyl halides is 3. The molecular weight excluding hydrogens is 541 g/mol. The molecule has 3 aromatic carbocycles. The van der Waals surface area contributed by atoms with E-state index in [1.165, 1.54) is 12.1 Å². The van der Waals surface area contributed by atoms with Crippen LogP contribution in [0.4, 0.5) is 22.0 Å². The van der Waals surface area contributed by atoms with Crippen molar-refractivity contribution < 1.29 is 31.5 Å². The third-order valence-corrected chi connectivity index (χ3v) is 8.36. The van der Waals surface area contributed by atoms with E-state index in [4.69, 9.17) is 0 Å². The van der Waals surface area contributed by atoms with Crippen LogP contribution in [0.5, 0.6) is 0 Å². The fourth-order valence-electron chi connectivity index (χ4n) is 6.25. The van der Waals surface area contributed by atoms with Crippen molar-refractivity contribution in [1.29, 1.82) is 0 Å². The summed E-state index contributed by atoms with van der Waals surface area (Å²) < 4.78 is 67.7. The van der Waals surface area contributed by atoms with Gasteiger partial charge in [-0.05, 0) is 66.8 Å². The van der Waals surface area contributed by atoms with Crippen LogP contribution in [-0.4, -0.2) is 54.8 Å². The monoisotopic (exact) mass is 571 g/mol. The number of halogens is 5. The van der Waals surface area contributed by atoms with Crippen molar-refractivity contribution in [2.75, 3.05) is 33.2 Å². The first-order chi connectivity index (χ1) is 19.5. The maximum Gasteiger partial charge on any atom is 0.416 e. The second kappa shape index (κ2) is 11.2. The highest BCUT2D eigenvalue weighted by Gasteiger charge is 2.48. The van der Waals surface area contributed by atoms with E-state index in [-0.39, 0.29) is 17.2 Å². The van der Waals surface area contributed by atoms with E-state index in [2.05, 4.69) is 10.2 Å². The third kappa shape index (κ3) is 5.98. The zero-order valence-corrected chi connectivity index (χ0v) is 22.4. The normalized spacial score (nSPS) is 19.8. The molecule has 2 amide bonds. The van der Waals surface area contributed by atoms with Crippen molar-refractivity contribution in [3.05, 3.63) is 107 Å². The molecule has 216 valence electrons. The number of benzene rings is 3. The molecule has 10 heteroatoms. The summed E-state index contributed by atoms with van der Waals surface area (Å²) in [6, 6.07) is 15.3. The van der Waals surface area contributed by atoms with Gasteiger partial charge in [-0.15, -0.1) is 0 Å². The van der Waals surface area contributed by atoms with Gasteiger partial charge in [0.25, 0.3) is 5.91 Å². The number of likely N-dealkylation sites (tertiary alicyclic amines) is 2. The number of piperidine rings is 1. The molecule has 41 heavy (non-hydrogen) atoms. The molecule has 3 aromatic rings. The molecule has 2 aliphatic rings. The van der Waals surface area contributed by atoms with Crippen LogP contribution in [0.2, 0.25) is 0 Å². The maximum absolute atomic E-state index is 14.5. The highest BCUT2D eigenvalue weighted by molar-refractivity contribution is 5.98. The number of nitrogens with one attached hydrogen (secondary N) is 1. The zero-order chi connectivity index (χ0) is 29.4. The molecule has 0 bridgehead atoms. The molecule has 2 heterocycles. The van der Waals surface area contributed by atoms with Crippen LogP contribution in [0.1, 0.15) is 51.8 Å². The molecule has 1 unspecified atom stereocenters. The van der Waals surface area contributed by atoms with Crippen LogP contribution in [0.15, 0.2) is 72.8 Å². The number of hydrogen-bond donors (Lipinski definition) is 1. The lowest BCUT2D eigenvalue weighted by atomic mass is 9.68. The van der Waals surface area contributed by atoms with Crippen molar-refractivity contribution in [3.63, 3.8) is 0 Å².